The molecule has 0 heterocycles. The predicted molar refractivity (Wildman–Crippen MR) is 65.5 cm³/mol. The van der Waals surface area contributed by atoms with Gasteiger partial charge in [-0.3, -0.25) is 0 Å². The minimum atomic E-state index is 0.516. The Morgan fingerprint density at radius 3 is 2.64 bits per heavy atom. The SMILES string of the molecule is CCC(C)c1cc(Br)cc(C)c1C=N. The first-order valence-corrected chi connectivity index (χ1v) is 5.70. The summed E-state index contributed by atoms with van der Waals surface area (Å²) in [5.41, 5.74) is 3.52. The summed E-state index contributed by atoms with van der Waals surface area (Å²) in [6.07, 6.45) is 2.57. The first kappa shape index (κ1) is 11.4. The summed E-state index contributed by atoms with van der Waals surface area (Å²) in [4.78, 5) is 0. The van der Waals surface area contributed by atoms with Crippen LogP contribution in [0.4, 0.5) is 0 Å². The average Bonchev–Trinajstić information content (AvgIpc) is 2.15. The van der Waals surface area contributed by atoms with Crippen molar-refractivity contribution in [1.29, 1.82) is 5.41 Å². The Hall–Kier alpha value is -0.630. The lowest BCUT2D eigenvalue weighted by molar-refractivity contribution is 0.731. The molecule has 0 aliphatic carbocycles. The normalized spacial score (nSPS) is 12.6. The Labute approximate surface area is 94.2 Å². The highest BCUT2D eigenvalue weighted by molar-refractivity contribution is 9.10. The van der Waals surface area contributed by atoms with Gasteiger partial charge in [-0.25, -0.2) is 0 Å². The Balaban J connectivity index is 3.31. The summed E-state index contributed by atoms with van der Waals surface area (Å²) in [7, 11) is 0. The van der Waals surface area contributed by atoms with E-state index in [0.717, 1.165) is 16.5 Å². The lowest BCUT2D eigenvalue weighted by Crippen LogP contribution is -2.00. The number of rotatable bonds is 3. The molecule has 0 radical (unpaired) electrons. The zero-order valence-electron chi connectivity index (χ0n) is 8.89. The quantitative estimate of drug-likeness (QED) is 0.779. The highest BCUT2D eigenvalue weighted by Crippen LogP contribution is 2.27. The van der Waals surface area contributed by atoms with E-state index in [0.29, 0.717) is 5.92 Å². The molecule has 0 spiro atoms. The van der Waals surface area contributed by atoms with Gasteiger partial charge in [0.2, 0.25) is 0 Å². The van der Waals surface area contributed by atoms with Gasteiger partial charge in [0.15, 0.2) is 0 Å². The molecule has 0 saturated heterocycles. The van der Waals surface area contributed by atoms with E-state index in [1.54, 1.807) is 0 Å². The van der Waals surface area contributed by atoms with Crippen LogP contribution in [0.25, 0.3) is 0 Å². The number of aryl methyl sites for hydroxylation is 1. The van der Waals surface area contributed by atoms with Gasteiger partial charge in [-0.2, -0.15) is 0 Å². The summed E-state index contributed by atoms with van der Waals surface area (Å²) >= 11 is 3.50. The highest BCUT2D eigenvalue weighted by Gasteiger charge is 2.10. The van der Waals surface area contributed by atoms with Crippen LogP contribution in [0.3, 0.4) is 0 Å². The highest BCUT2D eigenvalue weighted by atomic mass is 79.9. The minimum Gasteiger partial charge on any atom is -0.308 e. The topological polar surface area (TPSA) is 23.9 Å². The van der Waals surface area contributed by atoms with E-state index in [4.69, 9.17) is 5.41 Å². The fraction of sp³-hybridized carbons (Fsp3) is 0.417. The summed E-state index contributed by atoms with van der Waals surface area (Å²) in [5.74, 6) is 0.516. The molecule has 1 rings (SSSR count). The molecule has 76 valence electrons. The van der Waals surface area contributed by atoms with Crippen molar-refractivity contribution in [3.8, 4) is 0 Å². The first-order chi connectivity index (χ1) is 6.60. The molecule has 0 amide bonds. The predicted octanol–water partition coefficient (Wildman–Crippen LogP) is 4.27. The van der Waals surface area contributed by atoms with Gasteiger partial charge in [-0.1, -0.05) is 29.8 Å². The van der Waals surface area contributed by atoms with Crippen molar-refractivity contribution >= 4 is 22.1 Å². The molecule has 0 saturated carbocycles. The van der Waals surface area contributed by atoms with E-state index in [2.05, 4.69) is 48.8 Å². The van der Waals surface area contributed by atoms with Crippen LogP contribution in [-0.2, 0) is 0 Å². The largest absolute Gasteiger partial charge is 0.308 e. The van der Waals surface area contributed by atoms with E-state index < -0.39 is 0 Å². The van der Waals surface area contributed by atoms with Crippen LogP contribution in [-0.4, -0.2) is 6.21 Å². The number of halogens is 1. The zero-order chi connectivity index (χ0) is 10.7. The lowest BCUT2D eigenvalue weighted by atomic mass is 9.92. The molecule has 1 unspecified atom stereocenters. The van der Waals surface area contributed by atoms with Crippen molar-refractivity contribution in [1.82, 2.24) is 0 Å². The van der Waals surface area contributed by atoms with Crippen molar-refractivity contribution in [2.45, 2.75) is 33.1 Å². The molecule has 1 aromatic rings. The maximum atomic E-state index is 7.42. The molecule has 0 aliphatic heterocycles. The van der Waals surface area contributed by atoms with Gasteiger partial charge < -0.3 is 5.41 Å². The second kappa shape index (κ2) is 4.74. The Morgan fingerprint density at radius 2 is 2.14 bits per heavy atom. The molecule has 0 aromatic heterocycles. The van der Waals surface area contributed by atoms with Gasteiger partial charge in [0.05, 0.1) is 0 Å². The summed E-state index contributed by atoms with van der Waals surface area (Å²) in [5, 5.41) is 7.42. The third-order valence-corrected chi connectivity index (χ3v) is 3.13. The van der Waals surface area contributed by atoms with Crippen LogP contribution >= 0.6 is 15.9 Å². The van der Waals surface area contributed by atoms with Crippen molar-refractivity contribution in [3.05, 3.63) is 33.3 Å². The van der Waals surface area contributed by atoms with Gasteiger partial charge in [0.25, 0.3) is 0 Å². The maximum Gasteiger partial charge on any atom is 0.0255 e. The Morgan fingerprint density at radius 1 is 1.50 bits per heavy atom. The number of hydrogen-bond donors (Lipinski definition) is 1. The van der Waals surface area contributed by atoms with Gasteiger partial charge in [0, 0.05) is 10.7 Å². The van der Waals surface area contributed by atoms with Crippen molar-refractivity contribution in [2.75, 3.05) is 0 Å². The summed E-state index contributed by atoms with van der Waals surface area (Å²) in [6, 6.07) is 4.19. The van der Waals surface area contributed by atoms with Gasteiger partial charge >= 0.3 is 0 Å². The van der Waals surface area contributed by atoms with E-state index >= 15 is 0 Å². The number of nitrogens with one attached hydrogen (secondary N) is 1. The molecule has 0 aliphatic rings. The maximum absolute atomic E-state index is 7.42. The zero-order valence-corrected chi connectivity index (χ0v) is 10.5. The second-order valence-electron chi connectivity index (χ2n) is 3.68. The van der Waals surface area contributed by atoms with Crippen molar-refractivity contribution in [2.24, 2.45) is 0 Å². The fourth-order valence-electron chi connectivity index (χ4n) is 1.61. The van der Waals surface area contributed by atoms with Crippen LogP contribution < -0.4 is 0 Å². The van der Waals surface area contributed by atoms with Crippen LogP contribution in [0.5, 0.6) is 0 Å². The van der Waals surface area contributed by atoms with Gasteiger partial charge in [-0.05, 0) is 48.1 Å². The standard InChI is InChI=1S/C12H16BrN/c1-4-8(2)11-6-10(13)5-9(3)12(11)7-14/h5-8,14H,4H2,1-3H3. The molecule has 1 nitrogen and oxygen atoms in total. The van der Waals surface area contributed by atoms with Crippen LogP contribution in [0, 0.1) is 12.3 Å². The Bertz CT molecular complexity index is 344. The molecule has 1 atom stereocenters. The molecule has 0 bridgehead atoms. The molecule has 0 fully saturated rings. The minimum absolute atomic E-state index is 0.516. The van der Waals surface area contributed by atoms with Gasteiger partial charge in [0.1, 0.15) is 0 Å². The molecular weight excluding hydrogens is 238 g/mol. The van der Waals surface area contributed by atoms with Crippen LogP contribution in [0.2, 0.25) is 0 Å². The summed E-state index contributed by atoms with van der Waals surface area (Å²) in [6.45, 7) is 6.43. The van der Waals surface area contributed by atoms with Gasteiger partial charge in [-0.15, -0.1) is 0 Å². The molecular formula is C12H16BrN. The fourth-order valence-corrected chi connectivity index (χ4v) is 2.20. The van der Waals surface area contributed by atoms with E-state index in [1.165, 1.54) is 17.3 Å². The third-order valence-electron chi connectivity index (χ3n) is 2.67. The van der Waals surface area contributed by atoms with Crippen LogP contribution in [0.15, 0.2) is 16.6 Å². The summed E-state index contributed by atoms with van der Waals surface area (Å²) < 4.78 is 1.11. The van der Waals surface area contributed by atoms with Crippen molar-refractivity contribution in [3.63, 3.8) is 0 Å². The monoisotopic (exact) mass is 253 g/mol. The number of hydrogen-bond acceptors (Lipinski definition) is 1. The molecule has 1 N–H and O–H groups in total. The molecule has 2 heteroatoms. The van der Waals surface area contributed by atoms with E-state index in [-0.39, 0.29) is 0 Å². The molecule has 14 heavy (non-hydrogen) atoms. The first-order valence-electron chi connectivity index (χ1n) is 4.90. The van der Waals surface area contributed by atoms with Crippen molar-refractivity contribution < 1.29 is 0 Å². The average molecular weight is 254 g/mol. The van der Waals surface area contributed by atoms with E-state index in [9.17, 15) is 0 Å². The van der Waals surface area contributed by atoms with Crippen LogP contribution in [0.1, 0.15) is 42.9 Å². The van der Waals surface area contributed by atoms with E-state index in [1.807, 2.05) is 0 Å². The second-order valence-corrected chi connectivity index (χ2v) is 4.59. The Kier molecular flexibility index (Phi) is 3.87. The molecule has 1 aromatic carbocycles. The lowest BCUT2D eigenvalue weighted by Gasteiger charge is -2.15. The number of benzene rings is 1. The third kappa shape index (κ3) is 2.24. The smallest absolute Gasteiger partial charge is 0.0255 e.